The van der Waals surface area contributed by atoms with Crippen molar-refractivity contribution in [1.82, 2.24) is 9.78 Å². The van der Waals surface area contributed by atoms with E-state index in [1.54, 1.807) is 16.8 Å². The number of hydrogen-bond donors (Lipinski definition) is 1. The maximum absolute atomic E-state index is 9.53. The summed E-state index contributed by atoms with van der Waals surface area (Å²) in [5.74, 6) is 0. The van der Waals surface area contributed by atoms with Crippen LogP contribution in [0.2, 0.25) is 5.02 Å². The fraction of sp³-hybridized carbons (Fsp3) is 0.375. The van der Waals surface area contributed by atoms with Crippen LogP contribution in [0.15, 0.2) is 30.5 Å². The number of hydrogen-bond acceptors (Lipinski definition) is 3. The molecule has 1 N–H and O–H groups in total. The smallest absolute Gasteiger partial charge is 0.143 e. The van der Waals surface area contributed by atoms with E-state index < -0.39 is 6.04 Å². The highest BCUT2D eigenvalue weighted by Crippen LogP contribution is 2.30. The third kappa shape index (κ3) is 3.56. The van der Waals surface area contributed by atoms with E-state index in [2.05, 4.69) is 37.3 Å². The van der Waals surface area contributed by atoms with E-state index in [0.29, 0.717) is 5.02 Å². The quantitative estimate of drug-likeness (QED) is 0.930. The molecule has 4 nitrogen and oxygen atoms in total. The molecule has 0 amide bonds. The van der Waals surface area contributed by atoms with Gasteiger partial charge in [0.2, 0.25) is 0 Å². The number of nitrogens with one attached hydrogen (secondary N) is 1. The number of benzene rings is 1. The second-order valence-corrected chi connectivity index (χ2v) is 6.51. The van der Waals surface area contributed by atoms with Gasteiger partial charge in [-0.25, -0.2) is 0 Å². The minimum Gasteiger partial charge on any atom is -0.366 e. The zero-order chi connectivity index (χ0) is 15.6. The largest absolute Gasteiger partial charge is 0.366 e. The van der Waals surface area contributed by atoms with Gasteiger partial charge >= 0.3 is 0 Å². The van der Waals surface area contributed by atoms with Crippen LogP contribution in [0.4, 0.5) is 5.69 Å². The van der Waals surface area contributed by atoms with Crippen molar-refractivity contribution in [3.05, 3.63) is 46.7 Å². The highest BCUT2D eigenvalue weighted by molar-refractivity contribution is 6.30. The zero-order valence-electron chi connectivity index (χ0n) is 12.7. The Bertz CT molecular complexity index is 676. The van der Waals surface area contributed by atoms with Gasteiger partial charge in [0.05, 0.1) is 11.8 Å². The molecule has 0 radical (unpaired) electrons. The second kappa shape index (κ2) is 5.79. The molecule has 1 aromatic carbocycles. The van der Waals surface area contributed by atoms with E-state index in [0.717, 1.165) is 16.9 Å². The third-order valence-electron chi connectivity index (χ3n) is 3.14. The van der Waals surface area contributed by atoms with Crippen LogP contribution in [-0.4, -0.2) is 9.78 Å². The van der Waals surface area contributed by atoms with Crippen LogP contribution in [0.25, 0.3) is 0 Å². The number of aryl methyl sites for hydroxylation is 1. The molecule has 1 heterocycles. The van der Waals surface area contributed by atoms with Crippen molar-refractivity contribution in [1.29, 1.82) is 5.26 Å². The van der Waals surface area contributed by atoms with Gasteiger partial charge in [-0.05, 0) is 18.2 Å². The molecule has 21 heavy (non-hydrogen) atoms. The molecule has 2 aromatic rings. The average molecular weight is 303 g/mol. The van der Waals surface area contributed by atoms with Gasteiger partial charge in [0.1, 0.15) is 6.04 Å². The summed E-state index contributed by atoms with van der Waals surface area (Å²) in [6.45, 7) is 6.27. The SMILES string of the molecule is Cn1cc(C(C#N)Nc2cccc(Cl)c2)c(C(C)(C)C)n1. The number of halogens is 1. The summed E-state index contributed by atoms with van der Waals surface area (Å²) in [6, 6.07) is 9.19. The molecule has 0 fully saturated rings. The summed E-state index contributed by atoms with van der Waals surface area (Å²) in [6.07, 6.45) is 1.89. The molecule has 5 heteroatoms. The first-order chi connectivity index (χ1) is 9.81. The van der Waals surface area contributed by atoms with Crippen molar-refractivity contribution in [2.24, 2.45) is 7.05 Å². The molecule has 2 rings (SSSR count). The average Bonchev–Trinajstić information content (AvgIpc) is 2.78. The highest BCUT2D eigenvalue weighted by atomic mass is 35.5. The van der Waals surface area contributed by atoms with Crippen LogP contribution in [0.3, 0.4) is 0 Å². The lowest BCUT2D eigenvalue weighted by molar-refractivity contribution is 0.547. The molecule has 0 spiro atoms. The molecule has 1 aromatic heterocycles. The van der Waals surface area contributed by atoms with Crippen LogP contribution in [0.1, 0.15) is 38.1 Å². The Morgan fingerprint density at radius 2 is 2.10 bits per heavy atom. The van der Waals surface area contributed by atoms with Crippen LogP contribution < -0.4 is 5.32 Å². The number of anilines is 1. The number of nitriles is 1. The lowest BCUT2D eigenvalue weighted by Crippen LogP contribution is -2.18. The van der Waals surface area contributed by atoms with E-state index in [1.807, 2.05) is 25.4 Å². The van der Waals surface area contributed by atoms with Crippen LogP contribution in [0, 0.1) is 11.3 Å². The van der Waals surface area contributed by atoms with Gasteiger partial charge in [-0.2, -0.15) is 10.4 Å². The Hall–Kier alpha value is -1.99. The van der Waals surface area contributed by atoms with Gasteiger partial charge in [0.15, 0.2) is 0 Å². The van der Waals surface area contributed by atoms with Crippen molar-refractivity contribution in [2.75, 3.05) is 5.32 Å². The van der Waals surface area contributed by atoms with Crippen molar-refractivity contribution >= 4 is 17.3 Å². The predicted molar refractivity (Wildman–Crippen MR) is 85.3 cm³/mol. The Balaban J connectivity index is 2.37. The first-order valence-electron chi connectivity index (χ1n) is 6.77. The minimum absolute atomic E-state index is 0.123. The normalized spacial score (nSPS) is 12.8. The summed E-state index contributed by atoms with van der Waals surface area (Å²) in [4.78, 5) is 0. The number of aromatic nitrogens is 2. The molecule has 0 saturated carbocycles. The molecule has 1 unspecified atom stereocenters. The molecule has 0 aliphatic rings. The van der Waals surface area contributed by atoms with Gasteiger partial charge in [0, 0.05) is 34.9 Å². The summed E-state index contributed by atoms with van der Waals surface area (Å²) >= 11 is 5.99. The molecular formula is C16H19ClN4. The second-order valence-electron chi connectivity index (χ2n) is 6.07. The first-order valence-corrected chi connectivity index (χ1v) is 7.15. The van der Waals surface area contributed by atoms with E-state index in [-0.39, 0.29) is 5.41 Å². The standard InChI is InChI=1S/C16H19ClN4/c1-16(2,3)15-13(10-21(4)20-15)14(9-18)19-12-7-5-6-11(17)8-12/h5-8,10,14,19H,1-4H3. The zero-order valence-corrected chi connectivity index (χ0v) is 13.4. The van der Waals surface area contributed by atoms with Gasteiger partial charge in [-0.1, -0.05) is 38.4 Å². The molecule has 110 valence electrons. The molecule has 1 atom stereocenters. The first kappa shape index (κ1) is 15.4. The van der Waals surface area contributed by atoms with Crippen molar-refractivity contribution < 1.29 is 0 Å². The Morgan fingerprint density at radius 1 is 1.38 bits per heavy atom. The Kier molecular flexibility index (Phi) is 4.24. The lowest BCUT2D eigenvalue weighted by atomic mass is 9.87. The molecule has 0 bridgehead atoms. The molecule has 0 saturated heterocycles. The van der Waals surface area contributed by atoms with E-state index in [9.17, 15) is 5.26 Å². The van der Waals surface area contributed by atoms with E-state index in [1.165, 1.54) is 0 Å². The van der Waals surface area contributed by atoms with Crippen LogP contribution in [0.5, 0.6) is 0 Å². The van der Waals surface area contributed by atoms with Gasteiger partial charge in [0.25, 0.3) is 0 Å². The Labute approximate surface area is 130 Å². The lowest BCUT2D eigenvalue weighted by Gasteiger charge is -2.20. The highest BCUT2D eigenvalue weighted by Gasteiger charge is 2.26. The summed E-state index contributed by atoms with van der Waals surface area (Å²) in [5, 5.41) is 17.9. The van der Waals surface area contributed by atoms with Gasteiger partial charge < -0.3 is 5.32 Å². The number of nitrogens with zero attached hydrogens (tertiary/aromatic N) is 3. The van der Waals surface area contributed by atoms with E-state index >= 15 is 0 Å². The summed E-state index contributed by atoms with van der Waals surface area (Å²) in [7, 11) is 1.87. The molecule has 0 aliphatic carbocycles. The van der Waals surface area contributed by atoms with Gasteiger partial charge in [-0.3, -0.25) is 4.68 Å². The predicted octanol–water partition coefficient (Wildman–Crippen LogP) is 4.05. The van der Waals surface area contributed by atoms with Crippen molar-refractivity contribution in [3.8, 4) is 6.07 Å². The summed E-state index contributed by atoms with van der Waals surface area (Å²) < 4.78 is 1.75. The monoisotopic (exact) mass is 302 g/mol. The van der Waals surface area contributed by atoms with Crippen molar-refractivity contribution in [3.63, 3.8) is 0 Å². The summed E-state index contributed by atoms with van der Waals surface area (Å²) in [5.41, 5.74) is 2.51. The Morgan fingerprint density at radius 3 is 2.67 bits per heavy atom. The van der Waals surface area contributed by atoms with Crippen LogP contribution in [-0.2, 0) is 12.5 Å². The van der Waals surface area contributed by atoms with E-state index in [4.69, 9.17) is 11.6 Å². The van der Waals surface area contributed by atoms with Crippen molar-refractivity contribution in [2.45, 2.75) is 32.2 Å². The maximum Gasteiger partial charge on any atom is 0.143 e. The topological polar surface area (TPSA) is 53.6 Å². The van der Waals surface area contributed by atoms with Crippen LogP contribution >= 0.6 is 11.6 Å². The number of rotatable bonds is 3. The fourth-order valence-corrected chi connectivity index (χ4v) is 2.42. The molecular weight excluding hydrogens is 284 g/mol. The third-order valence-corrected chi connectivity index (χ3v) is 3.38. The minimum atomic E-state index is -0.466. The maximum atomic E-state index is 9.53. The van der Waals surface area contributed by atoms with Gasteiger partial charge in [-0.15, -0.1) is 0 Å². The fourth-order valence-electron chi connectivity index (χ4n) is 2.23. The molecule has 0 aliphatic heterocycles.